The number of thiazole rings is 1. The van der Waals surface area contributed by atoms with Crippen molar-refractivity contribution in [3.05, 3.63) is 95.0 Å². The predicted octanol–water partition coefficient (Wildman–Crippen LogP) is 6.00. The zero-order valence-corrected chi connectivity index (χ0v) is 19.0. The van der Waals surface area contributed by atoms with Crippen molar-refractivity contribution in [2.75, 3.05) is 18.1 Å². The monoisotopic (exact) mass is 466 g/mol. The molecule has 7 heteroatoms. The van der Waals surface area contributed by atoms with Crippen LogP contribution in [0.25, 0.3) is 10.2 Å². The Balaban J connectivity index is 1.49. The van der Waals surface area contributed by atoms with Crippen LogP contribution in [-0.4, -0.2) is 24.0 Å². The molecule has 1 aromatic heterocycles. The van der Waals surface area contributed by atoms with Crippen LogP contribution in [0.4, 0.5) is 14.5 Å². The molecule has 33 heavy (non-hydrogen) atoms. The Bertz CT molecular complexity index is 1210. The number of carbonyl (C=O) groups excluding carboxylic acids is 1. The third-order valence-electron chi connectivity index (χ3n) is 5.35. The summed E-state index contributed by atoms with van der Waals surface area (Å²) in [6, 6.07) is 18.9. The molecule has 0 fully saturated rings. The van der Waals surface area contributed by atoms with E-state index in [0.29, 0.717) is 25.3 Å². The summed E-state index contributed by atoms with van der Waals surface area (Å²) >= 11 is 1.54. The fourth-order valence-electron chi connectivity index (χ4n) is 3.74. The van der Waals surface area contributed by atoms with E-state index in [2.05, 4.69) is 4.98 Å². The standard InChI is InChI=1S/C26H24F2N2O2S/c1-18(11-20-12-21(27)14-22(28)13-20)26(31)30(9-10-32-16-19-5-3-2-4-6-19)23-7-8-25-24(15-23)29-17-33-25/h2-8,12-15,17-18H,9-11,16H2,1H3/t18-/m0/s1. The van der Waals surface area contributed by atoms with E-state index >= 15 is 0 Å². The second kappa shape index (κ2) is 10.6. The van der Waals surface area contributed by atoms with Crippen molar-refractivity contribution >= 4 is 33.1 Å². The fraction of sp³-hybridized carbons (Fsp3) is 0.231. The van der Waals surface area contributed by atoms with E-state index in [1.54, 1.807) is 17.3 Å². The number of rotatable bonds is 9. The lowest BCUT2D eigenvalue weighted by molar-refractivity contribution is -0.122. The van der Waals surface area contributed by atoms with Crippen molar-refractivity contribution in [1.29, 1.82) is 0 Å². The smallest absolute Gasteiger partial charge is 0.230 e. The van der Waals surface area contributed by atoms with Gasteiger partial charge in [-0.2, -0.15) is 0 Å². The molecule has 0 saturated heterocycles. The van der Waals surface area contributed by atoms with Gasteiger partial charge in [0.15, 0.2) is 0 Å². The number of aromatic nitrogens is 1. The largest absolute Gasteiger partial charge is 0.375 e. The van der Waals surface area contributed by atoms with Crippen LogP contribution in [0.15, 0.2) is 72.2 Å². The summed E-state index contributed by atoms with van der Waals surface area (Å²) in [7, 11) is 0. The molecule has 1 amide bonds. The molecule has 0 radical (unpaired) electrons. The first-order valence-corrected chi connectivity index (χ1v) is 11.6. The van der Waals surface area contributed by atoms with Crippen LogP contribution in [0, 0.1) is 17.6 Å². The van der Waals surface area contributed by atoms with E-state index in [0.717, 1.165) is 27.5 Å². The van der Waals surface area contributed by atoms with Crippen molar-refractivity contribution in [2.24, 2.45) is 5.92 Å². The maximum absolute atomic E-state index is 13.6. The second-order valence-corrected chi connectivity index (χ2v) is 8.80. The normalized spacial score (nSPS) is 12.1. The van der Waals surface area contributed by atoms with Gasteiger partial charge in [0.1, 0.15) is 11.6 Å². The SMILES string of the molecule is C[C@@H](Cc1cc(F)cc(F)c1)C(=O)N(CCOCc1ccccc1)c1ccc2scnc2c1. The molecule has 170 valence electrons. The number of nitrogens with zero attached hydrogens (tertiary/aromatic N) is 2. The molecule has 0 aliphatic heterocycles. The number of anilines is 1. The lowest BCUT2D eigenvalue weighted by atomic mass is 9.99. The molecular weight excluding hydrogens is 442 g/mol. The van der Waals surface area contributed by atoms with Gasteiger partial charge in [0, 0.05) is 24.2 Å². The van der Waals surface area contributed by atoms with E-state index < -0.39 is 17.6 Å². The summed E-state index contributed by atoms with van der Waals surface area (Å²) in [5.41, 5.74) is 4.81. The van der Waals surface area contributed by atoms with Gasteiger partial charge in [-0.3, -0.25) is 4.79 Å². The molecule has 4 rings (SSSR count). The van der Waals surface area contributed by atoms with Crippen molar-refractivity contribution in [3.63, 3.8) is 0 Å². The van der Waals surface area contributed by atoms with Crippen LogP contribution in [0.5, 0.6) is 0 Å². The highest BCUT2D eigenvalue weighted by atomic mass is 32.1. The second-order valence-electron chi connectivity index (χ2n) is 7.92. The van der Waals surface area contributed by atoms with E-state index in [4.69, 9.17) is 4.74 Å². The van der Waals surface area contributed by atoms with Gasteiger partial charge in [-0.1, -0.05) is 37.3 Å². The summed E-state index contributed by atoms with van der Waals surface area (Å²) in [4.78, 5) is 19.4. The van der Waals surface area contributed by atoms with Gasteiger partial charge in [0.25, 0.3) is 0 Å². The summed E-state index contributed by atoms with van der Waals surface area (Å²) in [6.07, 6.45) is 0.230. The fourth-order valence-corrected chi connectivity index (χ4v) is 4.40. The number of fused-ring (bicyclic) bond motifs is 1. The quantitative estimate of drug-likeness (QED) is 0.284. The van der Waals surface area contributed by atoms with Crippen LogP contribution in [0.3, 0.4) is 0 Å². The maximum atomic E-state index is 13.6. The highest BCUT2D eigenvalue weighted by Crippen LogP contribution is 2.26. The van der Waals surface area contributed by atoms with Gasteiger partial charge < -0.3 is 9.64 Å². The van der Waals surface area contributed by atoms with Crippen LogP contribution in [0.1, 0.15) is 18.1 Å². The predicted molar refractivity (Wildman–Crippen MR) is 127 cm³/mol. The number of halogens is 2. The van der Waals surface area contributed by atoms with Gasteiger partial charge in [-0.25, -0.2) is 13.8 Å². The Morgan fingerprint density at radius 3 is 2.55 bits per heavy atom. The average molecular weight is 467 g/mol. The van der Waals surface area contributed by atoms with Crippen LogP contribution in [-0.2, 0) is 22.6 Å². The van der Waals surface area contributed by atoms with Gasteiger partial charge in [0.2, 0.25) is 5.91 Å². The minimum Gasteiger partial charge on any atom is -0.375 e. The molecular formula is C26H24F2N2O2S. The van der Waals surface area contributed by atoms with E-state index in [-0.39, 0.29) is 12.3 Å². The Kier molecular flexibility index (Phi) is 7.42. The maximum Gasteiger partial charge on any atom is 0.230 e. The van der Waals surface area contributed by atoms with Crippen LogP contribution in [0.2, 0.25) is 0 Å². The van der Waals surface area contributed by atoms with Crippen molar-refractivity contribution in [2.45, 2.75) is 20.0 Å². The van der Waals surface area contributed by atoms with E-state index in [9.17, 15) is 13.6 Å². The number of carbonyl (C=O) groups is 1. The first-order valence-electron chi connectivity index (χ1n) is 10.7. The topological polar surface area (TPSA) is 42.4 Å². The summed E-state index contributed by atoms with van der Waals surface area (Å²) in [6.45, 7) is 2.91. The van der Waals surface area contributed by atoms with Crippen molar-refractivity contribution < 1.29 is 18.3 Å². The molecule has 1 atom stereocenters. The zero-order valence-electron chi connectivity index (χ0n) is 18.2. The first-order chi connectivity index (χ1) is 16.0. The molecule has 0 bridgehead atoms. The Labute approximate surface area is 195 Å². The molecule has 4 aromatic rings. The average Bonchev–Trinajstić information content (AvgIpc) is 3.26. The number of ether oxygens (including phenoxy) is 1. The van der Waals surface area contributed by atoms with Gasteiger partial charge in [-0.05, 0) is 47.9 Å². The van der Waals surface area contributed by atoms with Gasteiger partial charge in [-0.15, -0.1) is 11.3 Å². The zero-order chi connectivity index (χ0) is 23.2. The van der Waals surface area contributed by atoms with Gasteiger partial charge >= 0.3 is 0 Å². The Morgan fingerprint density at radius 2 is 1.79 bits per heavy atom. The van der Waals surface area contributed by atoms with Crippen molar-refractivity contribution in [3.8, 4) is 0 Å². The van der Waals surface area contributed by atoms with Crippen LogP contribution >= 0.6 is 11.3 Å². The molecule has 0 spiro atoms. The highest BCUT2D eigenvalue weighted by Gasteiger charge is 2.23. The van der Waals surface area contributed by atoms with E-state index in [1.807, 2.05) is 48.5 Å². The summed E-state index contributed by atoms with van der Waals surface area (Å²) < 4.78 is 34.1. The lowest BCUT2D eigenvalue weighted by Gasteiger charge is -2.26. The highest BCUT2D eigenvalue weighted by molar-refractivity contribution is 7.16. The minimum absolute atomic E-state index is 0.141. The number of amides is 1. The summed E-state index contributed by atoms with van der Waals surface area (Å²) in [5.74, 6) is -1.92. The molecule has 0 aliphatic carbocycles. The van der Waals surface area contributed by atoms with Crippen molar-refractivity contribution in [1.82, 2.24) is 4.98 Å². The molecule has 3 aromatic carbocycles. The van der Waals surface area contributed by atoms with Gasteiger partial charge in [0.05, 0.1) is 28.9 Å². The molecule has 0 saturated carbocycles. The lowest BCUT2D eigenvalue weighted by Crippen LogP contribution is -2.38. The molecule has 1 heterocycles. The number of hydrogen-bond donors (Lipinski definition) is 0. The molecule has 0 unspecified atom stereocenters. The number of hydrogen-bond acceptors (Lipinski definition) is 4. The van der Waals surface area contributed by atoms with Crippen LogP contribution < -0.4 is 4.90 Å². The Hall–Kier alpha value is -3.16. The third kappa shape index (κ3) is 6.00. The molecule has 0 N–H and O–H groups in total. The molecule has 0 aliphatic rings. The first kappa shape index (κ1) is 23.0. The minimum atomic E-state index is -0.648. The summed E-state index contributed by atoms with van der Waals surface area (Å²) in [5, 5.41) is 0. The Morgan fingerprint density at radius 1 is 1.03 bits per heavy atom. The molecule has 4 nitrogen and oxygen atoms in total. The third-order valence-corrected chi connectivity index (χ3v) is 6.16. The van der Waals surface area contributed by atoms with E-state index in [1.165, 1.54) is 23.5 Å². The number of benzene rings is 3.